The Bertz CT molecular complexity index is 630. The minimum Gasteiger partial charge on any atom is -0.506 e. The average Bonchev–Trinajstić information content (AvgIpc) is 2.41. The van der Waals surface area contributed by atoms with E-state index in [1.54, 1.807) is 0 Å². The molecule has 114 valence electrons. The molecule has 4 nitrogen and oxygen atoms in total. The number of hydrogen-bond donors (Lipinski definition) is 4. The molecule has 0 amide bonds. The SMILES string of the molecule is Nc1c(Cl)cc(Cl)c(O)c1Cl.Nc1cc(O)c(Cl)c(Cl)c1. The van der Waals surface area contributed by atoms with Crippen LogP contribution in [0.3, 0.4) is 0 Å². The van der Waals surface area contributed by atoms with Gasteiger partial charge in [-0.05, 0) is 12.1 Å². The van der Waals surface area contributed by atoms with Crippen molar-refractivity contribution in [2.75, 3.05) is 11.5 Å². The smallest absolute Gasteiger partial charge is 0.154 e. The fraction of sp³-hybridized carbons (Fsp3) is 0. The molecule has 0 aliphatic heterocycles. The Hall–Kier alpha value is -0.910. The quantitative estimate of drug-likeness (QED) is 0.464. The number of rotatable bonds is 0. The summed E-state index contributed by atoms with van der Waals surface area (Å²) in [5.41, 5.74) is 11.2. The van der Waals surface area contributed by atoms with Crippen molar-refractivity contribution in [1.82, 2.24) is 0 Å². The summed E-state index contributed by atoms with van der Waals surface area (Å²) in [4.78, 5) is 0. The molecule has 0 radical (unpaired) electrons. The van der Waals surface area contributed by atoms with Crippen molar-refractivity contribution in [3.05, 3.63) is 43.3 Å². The van der Waals surface area contributed by atoms with Crippen LogP contribution in [0.2, 0.25) is 25.1 Å². The van der Waals surface area contributed by atoms with Gasteiger partial charge in [0.2, 0.25) is 0 Å². The number of halogens is 5. The third-order valence-electron chi connectivity index (χ3n) is 2.21. The average molecular weight is 390 g/mol. The molecule has 0 bridgehead atoms. The van der Waals surface area contributed by atoms with Crippen LogP contribution in [0.4, 0.5) is 11.4 Å². The molecule has 2 aromatic carbocycles. The first-order valence-electron chi connectivity index (χ1n) is 5.20. The van der Waals surface area contributed by atoms with E-state index in [0.717, 1.165) is 0 Å². The summed E-state index contributed by atoms with van der Waals surface area (Å²) < 4.78 is 0. The standard InChI is InChI=1S/C6H4Cl3NO.C6H5Cl2NO/c7-2-1-3(8)6(11)4(9)5(2)10;7-4-1-3(9)2-5(10)6(4)8/h1,11H,10H2;1-2,10H,9H2. The molecule has 0 unspecified atom stereocenters. The van der Waals surface area contributed by atoms with Gasteiger partial charge in [-0.3, -0.25) is 0 Å². The number of nitrogen functional groups attached to an aromatic ring is 2. The fourth-order valence-electron chi connectivity index (χ4n) is 1.19. The molecule has 6 N–H and O–H groups in total. The maximum absolute atomic E-state index is 9.11. The summed E-state index contributed by atoms with van der Waals surface area (Å²) in [5.74, 6) is -0.332. The molecule has 0 spiro atoms. The molecule has 21 heavy (non-hydrogen) atoms. The minimum absolute atomic E-state index is 0.0116. The van der Waals surface area contributed by atoms with Crippen molar-refractivity contribution in [3.63, 3.8) is 0 Å². The van der Waals surface area contributed by atoms with Gasteiger partial charge in [0.1, 0.15) is 15.8 Å². The molecule has 2 aromatic rings. The van der Waals surface area contributed by atoms with E-state index < -0.39 is 0 Å². The van der Waals surface area contributed by atoms with Gasteiger partial charge >= 0.3 is 0 Å². The van der Waals surface area contributed by atoms with Gasteiger partial charge in [0.15, 0.2) is 5.75 Å². The van der Waals surface area contributed by atoms with Crippen molar-refractivity contribution < 1.29 is 10.2 Å². The van der Waals surface area contributed by atoms with Crippen molar-refractivity contribution in [2.24, 2.45) is 0 Å². The second kappa shape index (κ2) is 7.38. The van der Waals surface area contributed by atoms with Crippen LogP contribution >= 0.6 is 58.0 Å². The highest BCUT2D eigenvalue weighted by Gasteiger charge is 2.10. The molecule has 2 rings (SSSR count). The first-order chi connectivity index (χ1) is 9.65. The molecule has 0 atom stereocenters. The summed E-state index contributed by atoms with van der Waals surface area (Å²) in [6, 6.07) is 4.15. The number of phenolic OH excluding ortho intramolecular Hbond substituents is 2. The van der Waals surface area contributed by atoms with Gasteiger partial charge in [0.05, 0.1) is 20.8 Å². The highest BCUT2D eigenvalue weighted by atomic mass is 35.5. The van der Waals surface area contributed by atoms with E-state index in [-0.39, 0.29) is 42.3 Å². The van der Waals surface area contributed by atoms with Gasteiger partial charge < -0.3 is 21.7 Å². The zero-order valence-corrected chi connectivity index (χ0v) is 14.0. The van der Waals surface area contributed by atoms with Crippen molar-refractivity contribution in [3.8, 4) is 11.5 Å². The highest BCUT2D eigenvalue weighted by molar-refractivity contribution is 6.43. The van der Waals surface area contributed by atoms with E-state index in [0.29, 0.717) is 5.69 Å². The Labute approximate surface area is 145 Å². The molecular weight excluding hydrogens is 381 g/mol. The summed E-state index contributed by atoms with van der Waals surface area (Å²) in [6.07, 6.45) is 0. The lowest BCUT2D eigenvalue weighted by Crippen LogP contribution is -1.88. The third-order valence-corrected chi connectivity index (χ3v) is 3.99. The van der Waals surface area contributed by atoms with Crippen molar-refractivity contribution in [1.29, 1.82) is 0 Å². The molecule has 0 aliphatic carbocycles. The van der Waals surface area contributed by atoms with Gasteiger partial charge in [0.25, 0.3) is 0 Å². The van der Waals surface area contributed by atoms with Crippen LogP contribution in [-0.2, 0) is 0 Å². The molecule has 0 saturated carbocycles. The van der Waals surface area contributed by atoms with E-state index in [9.17, 15) is 0 Å². The van der Waals surface area contributed by atoms with Crippen molar-refractivity contribution in [2.45, 2.75) is 0 Å². The number of aromatic hydroxyl groups is 2. The lowest BCUT2D eigenvalue weighted by atomic mass is 10.3. The van der Waals surface area contributed by atoms with E-state index in [2.05, 4.69) is 0 Å². The Kier molecular flexibility index (Phi) is 6.38. The minimum atomic E-state index is -0.241. The monoisotopic (exact) mass is 388 g/mol. The zero-order valence-electron chi connectivity index (χ0n) is 10.2. The van der Waals surface area contributed by atoms with Crippen LogP contribution in [0.15, 0.2) is 18.2 Å². The second-order valence-corrected chi connectivity index (χ2v) is 5.73. The Morgan fingerprint density at radius 1 is 0.714 bits per heavy atom. The molecule has 0 aromatic heterocycles. The van der Waals surface area contributed by atoms with E-state index in [1.165, 1.54) is 18.2 Å². The maximum Gasteiger partial charge on any atom is 0.154 e. The predicted molar refractivity (Wildman–Crippen MR) is 90.1 cm³/mol. The zero-order chi connectivity index (χ0) is 16.3. The first-order valence-corrected chi connectivity index (χ1v) is 7.09. The Morgan fingerprint density at radius 3 is 1.81 bits per heavy atom. The number of hydrogen-bond acceptors (Lipinski definition) is 4. The summed E-state index contributed by atoms with van der Waals surface area (Å²) in [5, 5.41) is 18.8. The number of nitrogens with two attached hydrogens (primary N) is 2. The van der Waals surface area contributed by atoms with Crippen LogP contribution in [0.25, 0.3) is 0 Å². The van der Waals surface area contributed by atoms with Crippen molar-refractivity contribution >= 4 is 69.4 Å². The van der Waals surface area contributed by atoms with E-state index in [4.69, 9.17) is 79.7 Å². The van der Waals surface area contributed by atoms with Gasteiger partial charge in [-0.2, -0.15) is 0 Å². The number of phenols is 2. The molecule has 0 fully saturated rings. The van der Waals surface area contributed by atoms with Gasteiger partial charge in [-0.15, -0.1) is 0 Å². The first kappa shape index (κ1) is 18.1. The van der Waals surface area contributed by atoms with Crippen LogP contribution in [-0.4, -0.2) is 10.2 Å². The van der Waals surface area contributed by atoms with E-state index in [1.807, 2.05) is 0 Å². The van der Waals surface area contributed by atoms with Crippen LogP contribution in [0.1, 0.15) is 0 Å². The summed E-state index contributed by atoms with van der Waals surface area (Å²) in [7, 11) is 0. The summed E-state index contributed by atoms with van der Waals surface area (Å²) in [6.45, 7) is 0. The number of anilines is 2. The lowest BCUT2D eigenvalue weighted by molar-refractivity contribution is 0.475. The topological polar surface area (TPSA) is 92.5 Å². The van der Waals surface area contributed by atoms with Crippen LogP contribution < -0.4 is 11.5 Å². The van der Waals surface area contributed by atoms with E-state index >= 15 is 0 Å². The Morgan fingerprint density at radius 2 is 1.29 bits per heavy atom. The largest absolute Gasteiger partial charge is 0.506 e. The second-order valence-electron chi connectivity index (χ2n) is 3.75. The molecular formula is C12H9Cl5N2O2. The fourth-order valence-corrected chi connectivity index (χ4v) is 2.28. The molecule has 0 aliphatic rings. The van der Waals surface area contributed by atoms with Gasteiger partial charge in [-0.25, -0.2) is 0 Å². The van der Waals surface area contributed by atoms with Crippen LogP contribution in [0, 0.1) is 0 Å². The van der Waals surface area contributed by atoms with Gasteiger partial charge in [0, 0.05) is 11.8 Å². The lowest BCUT2D eigenvalue weighted by Gasteiger charge is -2.04. The van der Waals surface area contributed by atoms with Crippen LogP contribution in [0.5, 0.6) is 11.5 Å². The molecule has 9 heteroatoms. The maximum atomic E-state index is 9.11. The molecule has 0 heterocycles. The normalized spacial score (nSPS) is 9.95. The number of benzene rings is 2. The third kappa shape index (κ3) is 4.53. The summed E-state index contributed by atoms with van der Waals surface area (Å²) >= 11 is 27.7. The highest BCUT2D eigenvalue weighted by Crippen LogP contribution is 2.40. The van der Waals surface area contributed by atoms with Gasteiger partial charge in [-0.1, -0.05) is 58.0 Å². The predicted octanol–water partition coefficient (Wildman–Crippen LogP) is 5.22. The Balaban J connectivity index is 0.000000211. The molecule has 0 saturated heterocycles.